The Bertz CT molecular complexity index is 1470. The Labute approximate surface area is 220 Å². The Morgan fingerprint density at radius 3 is 2.37 bits per heavy atom. The molecule has 5 rings (SSSR count). The Hall–Kier alpha value is -4.07. The third kappa shape index (κ3) is 5.44. The third-order valence-corrected chi connectivity index (χ3v) is 7.09. The summed E-state index contributed by atoms with van der Waals surface area (Å²) in [5.74, 6) is -0.504. The molecule has 1 aromatic heterocycles. The number of aromatic nitrogens is 2. The standard InChI is InChI=1S/C31H30FN3O3/c32-31-26-17-24(14-15-27(26)34-35-31)30(29(22-7-4-8-22)21-5-2-1-3-6-21)23-12-9-20(10-13-23)11-16-28(38)33-25(18-36)19-37/h1-3,5-6,9-17,22,25,36-37H,4,7-8,18-19H2,(H,33,38)(H,34,35)/b16-11+,30-29-. The molecular formula is C31H30FN3O3. The van der Waals surface area contributed by atoms with Crippen molar-refractivity contribution in [2.24, 2.45) is 5.92 Å². The van der Waals surface area contributed by atoms with Crippen LogP contribution in [0, 0.1) is 11.9 Å². The molecule has 1 fully saturated rings. The summed E-state index contributed by atoms with van der Waals surface area (Å²) < 4.78 is 14.5. The number of aromatic amines is 1. The van der Waals surface area contributed by atoms with Crippen LogP contribution in [0.2, 0.25) is 0 Å². The maximum absolute atomic E-state index is 14.5. The lowest BCUT2D eigenvalue weighted by Gasteiger charge is -2.31. The zero-order valence-corrected chi connectivity index (χ0v) is 20.9. The molecule has 0 bridgehead atoms. The fourth-order valence-electron chi connectivity index (χ4n) is 4.85. The van der Waals surface area contributed by atoms with Crippen LogP contribution in [0.25, 0.3) is 28.1 Å². The van der Waals surface area contributed by atoms with Crippen molar-refractivity contribution in [3.63, 3.8) is 0 Å². The number of amides is 1. The van der Waals surface area contributed by atoms with E-state index in [0.717, 1.165) is 40.7 Å². The van der Waals surface area contributed by atoms with Gasteiger partial charge in [0.05, 0.1) is 30.2 Å². The zero-order chi connectivity index (χ0) is 26.5. The highest BCUT2D eigenvalue weighted by Crippen LogP contribution is 2.45. The highest BCUT2D eigenvalue weighted by atomic mass is 19.1. The fourth-order valence-corrected chi connectivity index (χ4v) is 4.85. The SMILES string of the molecule is O=C(/C=C/c1ccc(/C(=C(\c2ccccc2)C2CCC2)c2ccc3[nH]nc(F)c3c2)cc1)NC(CO)CO. The number of benzene rings is 3. The lowest BCUT2D eigenvalue weighted by atomic mass is 9.73. The first-order valence-electron chi connectivity index (χ1n) is 12.8. The average Bonchev–Trinajstić information content (AvgIpc) is 3.30. The maximum atomic E-state index is 14.5. The molecule has 0 atom stereocenters. The van der Waals surface area contributed by atoms with Crippen molar-refractivity contribution in [2.75, 3.05) is 13.2 Å². The molecule has 1 aliphatic carbocycles. The number of allylic oxidation sites excluding steroid dienone is 1. The van der Waals surface area contributed by atoms with Crippen LogP contribution in [0.1, 0.15) is 41.5 Å². The van der Waals surface area contributed by atoms with Gasteiger partial charge in [-0.3, -0.25) is 9.89 Å². The fraction of sp³-hybridized carbons (Fsp3) is 0.226. The van der Waals surface area contributed by atoms with E-state index in [1.54, 1.807) is 6.08 Å². The summed E-state index contributed by atoms with van der Waals surface area (Å²) in [6, 6.07) is 23.3. The van der Waals surface area contributed by atoms with E-state index < -0.39 is 17.9 Å². The van der Waals surface area contributed by atoms with Gasteiger partial charge in [-0.05, 0) is 70.4 Å². The maximum Gasteiger partial charge on any atom is 0.244 e. The van der Waals surface area contributed by atoms with Gasteiger partial charge < -0.3 is 15.5 Å². The van der Waals surface area contributed by atoms with Crippen LogP contribution in [0.4, 0.5) is 4.39 Å². The number of H-pyrrole nitrogens is 1. The van der Waals surface area contributed by atoms with E-state index in [0.29, 0.717) is 16.8 Å². The first-order chi connectivity index (χ1) is 18.6. The summed E-state index contributed by atoms with van der Waals surface area (Å²) >= 11 is 0. The van der Waals surface area contributed by atoms with E-state index in [9.17, 15) is 9.18 Å². The largest absolute Gasteiger partial charge is 0.394 e. The van der Waals surface area contributed by atoms with Crippen LogP contribution in [-0.2, 0) is 4.79 Å². The summed E-state index contributed by atoms with van der Waals surface area (Å²) in [7, 11) is 0. The minimum atomic E-state index is -0.692. The van der Waals surface area contributed by atoms with Gasteiger partial charge in [0.2, 0.25) is 11.9 Å². The molecule has 6 nitrogen and oxygen atoms in total. The second-order valence-corrected chi connectivity index (χ2v) is 9.58. The number of nitrogens with one attached hydrogen (secondary N) is 2. The molecule has 194 valence electrons. The van der Waals surface area contributed by atoms with Crippen molar-refractivity contribution in [3.05, 3.63) is 107 Å². The summed E-state index contributed by atoms with van der Waals surface area (Å²) in [5, 5.41) is 27.8. The molecule has 0 spiro atoms. The number of halogens is 1. The number of fused-ring (bicyclic) bond motifs is 1. The topological polar surface area (TPSA) is 98.2 Å². The monoisotopic (exact) mass is 511 g/mol. The summed E-state index contributed by atoms with van der Waals surface area (Å²) in [4.78, 5) is 12.1. The first kappa shape index (κ1) is 25.6. The van der Waals surface area contributed by atoms with Crippen LogP contribution in [0.3, 0.4) is 0 Å². The minimum Gasteiger partial charge on any atom is -0.394 e. The predicted molar refractivity (Wildman–Crippen MR) is 147 cm³/mol. The average molecular weight is 512 g/mol. The number of carbonyl (C=O) groups is 1. The Morgan fingerprint density at radius 2 is 1.71 bits per heavy atom. The van der Waals surface area contributed by atoms with Crippen LogP contribution in [0.15, 0.2) is 78.9 Å². The smallest absolute Gasteiger partial charge is 0.244 e. The van der Waals surface area contributed by atoms with E-state index >= 15 is 0 Å². The van der Waals surface area contributed by atoms with Gasteiger partial charge in [0.25, 0.3) is 0 Å². The van der Waals surface area contributed by atoms with Gasteiger partial charge >= 0.3 is 0 Å². The van der Waals surface area contributed by atoms with Crippen molar-refractivity contribution in [1.29, 1.82) is 0 Å². The van der Waals surface area contributed by atoms with Gasteiger partial charge in [-0.25, -0.2) is 0 Å². The molecule has 4 aromatic rings. The van der Waals surface area contributed by atoms with Crippen molar-refractivity contribution in [2.45, 2.75) is 25.3 Å². The highest BCUT2D eigenvalue weighted by Gasteiger charge is 2.27. The van der Waals surface area contributed by atoms with Gasteiger partial charge in [-0.2, -0.15) is 4.39 Å². The second-order valence-electron chi connectivity index (χ2n) is 9.58. The number of aliphatic hydroxyl groups is 2. The van der Waals surface area contributed by atoms with E-state index in [1.807, 2.05) is 60.7 Å². The summed E-state index contributed by atoms with van der Waals surface area (Å²) in [5.41, 5.74) is 6.87. The summed E-state index contributed by atoms with van der Waals surface area (Å²) in [6.45, 7) is -0.668. The quantitative estimate of drug-likeness (QED) is 0.189. The van der Waals surface area contributed by atoms with Gasteiger partial charge in [0, 0.05) is 6.08 Å². The number of nitrogens with zero attached hydrogens (tertiary/aromatic N) is 1. The number of aliphatic hydroxyl groups excluding tert-OH is 2. The van der Waals surface area contributed by atoms with Gasteiger partial charge in [0.1, 0.15) is 0 Å². The van der Waals surface area contributed by atoms with Gasteiger partial charge in [-0.15, -0.1) is 5.10 Å². The Kier molecular flexibility index (Phi) is 7.77. The minimum absolute atomic E-state index is 0.334. The van der Waals surface area contributed by atoms with E-state index in [-0.39, 0.29) is 13.2 Å². The third-order valence-electron chi connectivity index (χ3n) is 7.09. The van der Waals surface area contributed by atoms with Crippen LogP contribution in [-0.4, -0.2) is 45.6 Å². The molecule has 7 heteroatoms. The molecule has 38 heavy (non-hydrogen) atoms. The lowest BCUT2D eigenvalue weighted by Crippen LogP contribution is -2.39. The molecule has 0 aliphatic heterocycles. The molecule has 0 radical (unpaired) electrons. The summed E-state index contributed by atoms with van der Waals surface area (Å²) in [6.07, 6.45) is 6.46. The number of rotatable bonds is 9. The van der Waals surface area contributed by atoms with E-state index in [1.165, 1.54) is 18.1 Å². The van der Waals surface area contributed by atoms with Crippen LogP contribution in [0.5, 0.6) is 0 Å². The number of carbonyl (C=O) groups excluding carboxylic acids is 1. The van der Waals surface area contributed by atoms with E-state index in [4.69, 9.17) is 10.2 Å². The molecule has 1 aliphatic rings. The van der Waals surface area contributed by atoms with E-state index in [2.05, 4.69) is 27.6 Å². The lowest BCUT2D eigenvalue weighted by molar-refractivity contribution is -0.117. The number of hydrogen-bond acceptors (Lipinski definition) is 4. The van der Waals surface area contributed by atoms with Gasteiger partial charge in [-0.1, -0.05) is 67.1 Å². The molecule has 1 heterocycles. The molecule has 3 aromatic carbocycles. The van der Waals surface area contributed by atoms with Crippen LogP contribution < -0.4 is 5.32 Å². The number of hydrogen-bond donors (Lipinski definition) is 4. The second kappa shape index (κ2) is 11.5. The van der Waals surface area contributed by atoms with Crippen molar-refractivity contribution < 1.29 is 19.4 Å². The zero-order valence-electron chi connectivity index (χ0n) is 20.9. The first-order valence-corrected chi connectivity index (χ1v) is 12.8. The van der Waals surface area contributed by atoms with Crippen LogP contribution >= 0.6 is 0 Å². The predicted octanol–water partition coefficient (Wildman–Crippen LogP) is 4.94. The molecule has 4 N–H and O–H groups in total. The normalized spacial score (nSPS) is 14.6. The van der Waals surface area contributed by atoms with Gasteiger partial charge in [0.15, 0.2) is 0 Å². The van der Waals surface area contributed by atoms with Crippen molar-refractivity contribution >= 4 is 34.0 Å². The molecule has 0 saturated heterocycles. The molecule has 0 unspecified atom stereocenters. The molecule has 1 saturated carbocycles. The Morgan fingerprint density at radius 1 is 1.00 bits per heavy atom. The van der Waals surface area contributed by atoms with Crippen molar-refractivity contribution in [1.82, 2.24) is 15.5 Å². The molecular weight excluding hydrogens is 481 g/mol. The van der Waals surface area contributed by atoms with Crippen molar-refractivity contribution in [3.8, 4) is 0 Å². The Balaban J connectivity index is 1.57. The molecule has 1 amide bonds. The highest BCUT2D eigenvalue weighted by molar-refractivity contribution is 6.01.